The number of piperidine rings is 1. The quantitative estimate of drug-likeness (QED) is 0.319. The van der Waals surface area contributed by atoms with E-state index in [1.165, 1.54) is 51.6 Å². The van der Waals surface area contributed by atoms with E-state index >= 15 is 0 Å². The molecule has 6 nitrogen and oxygen atoms in total. The summed E-state index contributed by atoms with van der Waals surface area (Å²) in [6.45, 7) is 3.07. The number of nitrogens with one attached hydrogen (secondary N) is 2. The minimum Gasteiger partial charge on any atom is -0.493 e. The Morgan fingerprint density at radius 3 is 2.47 bits per heavy atom. The van der Waals surface area contributed by atoms with E-state index in [1.807, 2.05) is 19.2 Å². The number of guanidine groups is 1. The van der Waals surface area contributed by atoms with Crippen LogP contribution in [-0.4, -0.2) is 56.3 Å². The minimum atomic E-state index is 0. The Labute approximate surface area is 198 Å². The predicted octanol–water partition coefficient (Wildman–Crippen LogP) is 3.93. The molecule has 2 aliphatic carbocycles. The molecule has 0 aromatic heterocycles. The molecule has 2 N–H and O–H groups in total. The standard InChI is InChI=1S/C23H36N4O2.HI/c1-24-23(26-18-12-14-27(15-13-18)19-10-11-19)25-16-17-6-5-9-21(28-2)22(17)29-20-7-3-4-8-20;/h5-6,9,18-20H,3-4,7-8,10-16H2,1-2H3,(H2,24,25,26);1H. The van der Waals surface area contributed by atoms with Crippen LogP contribution in [0, 0.1) is 0 Å². The second-order valence-electron chi connectivity index (χ2n) is 8.58. The molecule has 2 saturated carbocycles. The van der Waals surface area contributed by atoms with Gasteiger partial charge in [0.05, 0.1) is 13.2 Å². The molecule has 4 rings (SSSR count). The molecule has 0 radical (unpaired) electrons. The molecule has 0 amide bonds. The number of para-hydroxylation sites is 1. The van der Waals surface area contributed by atoms with E-state index in [2.05, 4.69) is 26.6 Å². The summed E-state index contributed by atoms with van der Waals surface area (Å²) in [5, 5.41) is 7.10. The zero-order valence-corrected chi connectivity index (χ0v) is 20.7. The number of methoxy groups -OCH3 is 1. The zero-order chi connectivity index (χ0) is 20.1. The fraction of sp³-hybridized carbons (Fsp3) is 0.696. The molecule has 0 unspecified atom stereocenters. The van der Waals surface area contributed by atoms with Crippen molar-refractivity contribution in [2.45, 2.75) is 76.1 Å². The molecule has 30 heavy (non-hydrogen) atoms. The van der Waals surface area contributed by atoms with Crippen LogP contribution in [0.25, 0.3) is 0 Å². The highest BCUT2D eigenvalue weighted by Gasteiger charge is 2.32. The number of rotatable bonds is 7. The fourth-order valence-electron chi connectivity index (χ4n) is 4.58. The first kappa shape index (κ1) is 23.4. The molecular weight excluding hydrogens is 491 g/mol. The Bertz CT molecular complexity index is 696. The van der Waals surface area contributed by atoms with Crippen molar-refractivity contribution in [2.24, 2.45) is 4.99 Å². The third-order valence-corrected chi connectivity index (χ3v) is 6.47. The van der Waals surface area contributed by atoms with E-state index < -0.39 is 0 Å². The number of aliphatic imine (C=N–C) groups is 1. The number of nitrogens with zero attached hydrogens (tertiary/aromatic N) is 2. The van der Waals surface area contributed by atoms with Crippen LogP contribution >= 0.6 is 24.0 Å². The van der Waals surface area contributed by atoms with Gasteiger partial charge in [-0.2, -0.15) is 0 Å². The van der Waals surface area contributed by atoms with Crippen LogP contribution in [0.2, 0.25) is 0 Å². The van der Waals surface area contributed by atoms with E-state index in [0.29, 0.717) is 18.7 Å². The average molecular weight is 528 g/mol. The molecule has 1 aromatic rings. The van der Waals surface area contributed by atoms with Crippen LogP contribution < -0.4 is 20.1 Å². The summed E-state index contributed by atoms with van der Waals surface area (Å²) in [7, 11) is 3.55. The maximum atomic E-state index is 6.35. The van der Waals surface area contributed by atoms with Gasteiger partial charge in [0.2, 0.25) is 0 Å². The van der Waals surface area contributed by atoms with Crippen molar-refractivity contribution in [3.8, 4) is 11.5 Å². The van der Waals surface area contributed by atoms with Gasteiger partial charge in [-0.3, -0.25) is 4.99 Å². The molecule has 7 heteroatoms. The lowest BCUT2D eigenvalue weighted by Crippen LogP contribution is -2.48. The molecule has 1 heterocycles. The van der Waals surface area contributed by atoms with Crippen LogP contribution in [0.15, 0.2) is 23.2 Å². The summed E-state index contributed by atoms with van der Waals surface area (Å²) in [6, 6.07) is 7.49. The number of hydrogen-bond acceptors (Lipinski definition) is 4. The highest BCUT2D eigenvalue weighted by atomic mass is 127. The van der Waals surface area contributed by atoms with Gasteiger partial charge in [-0.1, -0.05) is 12.1 Å². The molecule has 0 bridgehead atoms. The first-order valence-electron chi connectivity index (χ1n) is 11.3. The lowest BCUT2D eigenvalue weighted by Gasteiger charge is -2.33. The van der Waals surface area contributed by atoms with Gasteiger partial charge in [0.1, 0.15) is 0 Å². The van der Waals surface area contributed by atoms with Crippen LogP contribution in [0.3, 0.4) is 0 Å². The van der Waals surface area contributed by atoms with Crippen LogP contribution in [0.5, 0.6) is 11.5 Å². The van der Waals surface area contributed by atoms with E-state index in [0.717, 1.165) is 41.9 Å². The lowest BCUT2D eigenvalue weighted by molar-refractivity contribution is 0.197. The van der Waals surface area contributed by atoms with Crippen LogP contribution in [0.1, 0.15) is 56.9 Å². The highest BCUT2D eigenvalue weighted by Crippen LogP contribution is 2.35. The third kappa shape index (κ3) is 6.15. The maximum Gasteiger partial charge on any atom is 0.191 e. The van der Waals surface area contributed by atoms with E-state index in [4.69, 9.17) is 9.47 Å². The lowest BCUT2D eigenvalue weighted by atomic mass is 10.1. The molecule has 1 aliphatic heterocycles. The molecule has 168 valence electrons. The van der Waals surface area contributed by atoms with Crippen molar-refractivity contribution >= 4 is 29.9 Å². The molecule has 3 fully saturated rings. The van der Waals surface area contributed by atoms with Gasteiger partial charge in [0.25, 0.3) is 0 Å². The summed E-state index contributed by atoms with van der Waals surface area (Å²) in [5.74, 6) is 2.55. The molecular formula is C23H37IN4O2. The van der Waals surface area contributed by atoms with Gasteiger partial charge in [-0.15, -0.1) is 24.0 Å². The Morgan fingerprint density at radius 1 is 1.10 bits per heavy atom. The topological polar surface area (TPSA) is 58.1 Å². The van der Waals surface area contributed by atoms with Gasteiger partial charge < -0.3 is 25.0 Å². The Morgan fingerprint density at radius 2 is 1.83 bits per heavy atom. The average Bonchev–Trinajstić information content (AvgIpc) is 3.48. The van der Waals surface area contributed by atoms with Gasteiger partial charge in [0.15, 0.2) is 17.5 Å². The maximum absolute atomic E-state index is 6.35. The van der Waals surface area contributed by atoms with Gasteiger partial charge in [-0.25, -0.2) is 0 Å². The highest BCUT2D eigenvalue weighted by molar-refractivity contribution is 14.0. The number of benzene rings is 1. The SMILES string of the molecule is CN=C(NCc1cccc(OC)c1OC1CCCC1)NC1CCN(C2CC2)CC1.I. The third-order valence-electron chi connectivity index (χ3n) is 6.47. The van der Waals surface area contributed by atoms with E-state index in [1.54, 1.807) is 7.11 Å². The Hall–Kier alpha value is -1.22. The van der Waals surface area contributed by atoms with Gasteiger partial charge in [-0.05, 0) is 57.4 Å². The van der Waals surface area contributed by atoms with Crippen molar-refractivity contribution in [1.82, 2.24) is 15.5 Å². The molecule has 3 aliphatic rings. The Kier molecular flexibility index (Phi) is 8.92. The van der Waals surface area contributed by atoms with Crippen LogP contribution in [-0.2, 0) is 6.54 Å². The first-order valence-corrected chi connectivity index (χ1v) is 11.3. The van der Waals surface area contributed by atoms with E-state index in [9.17, 15) is 0 Å². The summed E-state index contributed by atoms with van der Waals surface area (Å²) in [4.78, 5) is 7.10. The summed E-state index contributed by atoms with van der Waals surface area (Å²) in [5.41, 5.74) is 1.11. The number of likely N-dealkylation sites (tertiary alicyclic amines) is 1. The molecule has 1 aromatic carbocycles. The molecule has 0 spiro atoms. The molecule has 1 saturated heterocycles. The number of ether oxygens (including phenoxy) is 2. The smallest absolute Gasteiger partial charge is 0.191 e. The van der Waals surface area contributed by atoms with E-state index in [-0.39, 0.29) is 24.0 Å². The summed E-state index contributed by atoms with van der Waals surface area (Å²) in [6.07, 6.45) is 10.2. The van der Waals surface area contributed by atoms with Crippen molar-refractivity contribution in [3.63, 3.8) is 0 Å². The monoisotopic (exact) mass is 528 g/mol. The van der Waals surface area contributed by atoms with Crippen LogP contribution in [0.4, 0.5) is 0 Å². The van der Waals surface area contributed by atoms with Crippen molar-refractivity contribution in [2.75, 3.05) is 27.2 Å². The fourth-order valence-corrected chi connectivity index (χ4v) is 4.58. The first-order chi connectivity index (χ1) is 14.3. The van der Waals surface area contributed by atoms with Crippen molar-refractivity contribution in [3.05, 3.63) is 23.8 Å². The predicted molar refractivity (Wildman–Crippen MR) is 132 cm³/mol. The number of hydrogen-bond donors (Lipinski definition) is 2. The van der Waals surface area contributed by atoms with Gasteiger partial charge in [0, 0.05) is 44.3 Å². The second-order valence-corrected chi connectivity index (χ2v) is 8.58. The van der Waals surface area contributed by atoms with Crippen molar-refractivity contribution in [1.29, 1.82) is 0 Å². The normalized spacial score (nSPS) is 21.2. The zero-order valence-electron chi connectivity index (χ0n) is 18.4. The van der Waals surface area contributed by atoms with Gasteiger partial charge >= 0.3 is 0 Å². The number of halogens is 1. The molecule has 0 atom stereocenters. The summed E-state index contributed by atoms with van der Waals surface area (Å²) >= 11 is 0. The van der Waals surface area contributed by atoms with Crippen molar-refractivity contribution < 1.29 is 9.47 Å². The largest absolute Gasteiger partial charge is 0.493 e. The minimum absolute atomic E-state index is 0. The Balaban J connectivity index is 0.00000256. The second kappa shape index (κ2) is 11.4. The summed E-state index contributed by atoms with van der Waals surface area (Å²) < 4.78 is 11.9.